The fraction of sp³-hybridized carbons (Fsp3) is 0.350. The molecule has 0 unspecified atom stereocenters. The van der Waals surface area contributed by atoms with Crippen molar-refractivity contribution in [3.63, 3.8) is 0 Å². The second kappa shape index (κ2) is 6.53. The highest BCUT2D eigenvalue weighted by Crippen LogP contribution is 2.28. The quantitative estimate of drug-likeness (QED) is 0.790. The van der Waals surface area contributed by atoms with Crippen molar-refractivity contribution in [2.75, 3.05) is 18.4 Å². The highest BCUT2D eigenvalue weighted by atomic mass is 16.1. The van der Waals surface area contributed by atoms with Gasteiger partial charge in [0.15, 0.2) is 0 Å². The average molecular weight is 349 g/mol. The average Bonchev–Trinajstić information content (AvgIpc) is 2.95. The molecule has 3 heterocycles. The van der Waals surface area contributed by atoms with E-state index in [2.05, 4.69) is 22.2 Å². The summed E-state index contributed by atoms with van der Waals surface area (Å²) in [4.78, 5) is 20.4. The van der Waals surface area contributed by atoms with Gasteiger partial charge in [0.1, 0.15) is 5.82 Å². The maximum atomic E-state index is 13.3. The molecule has 1 aliphatic rings. The number of amides is 1. The van der Waals surface area contributed by atoms with Crippen LogP contribution in [-0.4, -0.2) is 38.7 Å². The van der Waals surface area contributed by atoms with E-state index in [-0.39, 0.29) is 5.91 Å². The van der Waals surface area contributed by atoms with Gasteiger partial charge in [-0.3, -0.25) is 19.4 Å². The van der Waals surface area contributed by atoms with E-state index in [0.717, 1.165) is 59.5 Å². The minimum Gasteiger partial charge on any atom is -0.307 e. The zero-order valence-corrected chi connectivity index (χ0v) is 15.4. The van der Waals surface area contributed by atoms with Crippen LogP contribution in [0.1, 0.15) is 34.2 Å². The maximum absolute atomic E-state index is 13.3. The van der Waals surface area contributed by atoms with E-state index >= 15 is 0 Å². The first-order valence-electron chi connectivity index (χ1n) is 9.01. The van der Waals surface area contributed by atoms with Gasteiger partial charge in [-0.25, -0.2) is 0 Å². The summed E-state index contributed by atoms with van der Waals surface area (Å²) in [5.41, 5.74) is 4.58. The minimum absolute atomic E-state index is 0.0965. The molecule has 26 heavy (non-hydrogen) atoms. The Morgan fingerprint density at radius 3 is 2.85 bits per heavy atom. The van der Waals surface area contributed by atoms with Gasteiger partial charge in [-0.1, -0.05) is 25.1 Å². The summed E-state index contributed by atoms with van der Waals surface area (Å²) in [6.45, 7) is 6.78. The van der Waals surface area contributed by atoms with Crippen LogP contribution in [0.15, 0.2) is 30.3 Å². The first kappa shape index (κ1) is 16.7. The lowest BCUT2D eigenvalue weighted by molar-refractivity contribution is 0.102. The Morgan fingerprint density at radius 2 is 2.12 bits per heavy atom. The molecule has 0 spiro atoms. The Balaban J connectivity index is 1.84. The zero-order valence-electron chi connectivity index (χ0n) is 15.4. The molecule has 0 saturated carbocycles. The van der Waals surface area contributed by atoms with E-state index < -0.39 is 0 Å². The van der Waals surface area contributed by atoms with Crippen molar-refractivity contribution >= 4 is 22.6 Å². The standard InChI is InChI=1S/C20H23N5O/c1-4-25-10-9-17-15(12-25)19(14-7-5-6-8-16(14)21-17)20(26)22-18-11-13(2)23-24(18)3/h5-8,11H,4,9-10,12H2,1-3H3,(H,22,26). The summed E-state index contributed by atoms with van der Waals surface area (Å²) in [6.07, 6.45) is 0.874. The number of nitrogens with one attached hydrogen (secondary N) is 1. The smallest absolute Gasteiger partial charge is 0.257 e. The van der Waals surface area contributed by atoms with Crippen molar-refractivity contribution in [1.29, 1.82) is 0 Å². The first-order chi connectivity index (χ1) is 12.6. The van der Waals surface area contributed by atoms with Crippen molar-refractivity contribution in [3.05, 3.63) is 52.8 Å². The van der Waals surface area contributed by atoms with Crippen LogP contribution >= 0.6 is 0 Å². The van der Waals surface area contributed by atoms with E-state index in [1.807, 2.05) is 44.3 Å². The van der Waals surface area contributed by atoms with Gasteiger partial charge in [-0.05, 0) is 19.5 Å². The Hall–Kier alpha value is -2.73. The molecule has 1 aliphatic heterocycles. The molecule has 0 bridgehead atoms. The number of hydrogen-bond donors (Lipinski definition) is 1. The minimum atomic E-state index is -0.0965. The number of pyridine rings is 1. The number of aromatic nitrogens is 3. The normalized spacial score (nSPS) is 14.4. The molecule has 1 amide bonds. The lowest BCUT2D eigenvalue weighted by Crippen LogP contribution is -2.33. The molecule has 6 nitrogen and oxygen atoms in total. The van der Waals surface area contributed by atoms with Gasteiger partial charge in [0.25, 0.3) is 5.91 Å². The summed E-state index contributed by atoms with van der Waals surface area (Å²) in [7, 11) is 1.83. The van der Waals surface area contributed by atoms with Crippen molar-refractivity contribution in [2.24, 2.45) is 7.05 Å². The maximum Gasteiger partial charge on any atom is 0.257 e. The van der Waals surface area contributed by atoms with Gasteiger partial charge < -0.3 is 5.32 Å². The van der Waals surface area contributed by atoms with Gasteiger partial charge in [0, 0.05) is 49.3 Å². The van der Waals surface area contributed by atoms with Gasteiger partial charge in [-0.15, -0.1) is 0 Å². The molecule has 1 N–H and O–H groups in total. The Morgan fingerprint density at radius 1 is 1.31 bits per heavy atom. The third kappa shape index (κ3) is 2.86. The van der Waals surface area contributed by atoms with E-state index in [4.69, 9.17) is 4.98 Å². The number of rotatable bonds is 3. The Labute approximate surface area is 152 Å². The number of carbonyl (C=O) groups is 1. The molecule has 6 heteroatoms. The fourth-order valence-electron chi connectivity index (χ4n) is 3.68. The summed E-state index contributed by atoms with van der Waals surface area (Å²) in [5, 5.41) is 8.26. The second-order valence-corrected chi connectivity index (χ2v) is 6.80. The van der Waals surface area contributed by atoms with Crippen molar-refractivity contribution in [3.8, 4) is 0 Å². The molecular weight excluding hydrogens is 326 g/mol. The number of fused-ring (bicyclic) bond motifs is 2. The Kier molecular flexibility index (Phi) is 4.20. The lowest BCUT2D eigenvalue weighted by atomic mass is 9.95. The third-order valence-corrected chi connectivity index (χ3v) is 5.04. The molecule has 0 aliphatic carbocycles. The van der Waals surface area contributed by atoms with E-state index in [1.165, 1.54) is 0 Å². The second-order valence-electron chi connectivity index (χ2n) is 6.80. The molecule has 3 aromatic rings. The number of para-hydroxylation sites is 1. The van der Waals surface area contributed by atoms with Gasteiger partial charge in [0.2, 0.25) is 0 Å². The number of hydrogen-bond acceptors (Lipinski definition) is 4. The number of likely N-dealkylation sites (N-methyl/N-ethyl adjacent to an activating group) is 1. The number of nitrogens with zero attached hydrogens (tertiary/aromatic N) is 4. The summed E-state index contributed by atoms with van der Waals surface area (Å²) < 4.78 is 1.70. The van der Waals surface area contributed by atoms with Crippen LogP contribution in [0.5, 0.6) is 0 Å². The SMILES string of the molecule is CCN1CCc2nc3ccccc3c(C(=O)Nc3cc(C)nn3C)c2C1. The largest absolute Gasteiger partial charge is 0.307 e. The number of aryl methyl sites for hydroxylation is 2. The fourth-order valence-corrected chi connectivity index (χ4v) is 3.68. The number of benzene rings is 1. The predicted octanol–water partition coefficient (Wildman–Crippen LogP) is 2.91. The number of carbonyl (C=O) groups excluding carboxylic acids is 1. The molecule has 134 valence electrons. The van der Waals surface area contributed by atoms with E-state index in [1.54, 1.807) is 4.68 Å². The topological polar surface area (TPSA) is 63.1 Å². The summed E-state index contributed by atoms with van der Waals surface area (Å²) >= 11 is 0. The Bertz CT molecular complexity index is 991. The van der Waals surface area contributed by atoms with Crippen LogP contribution in [0.2, 0.25) is 0 Å². The lowest BCUT2D eigenvalue weighted by Gasteiger charge is -2.29. The van der Waals surface area contributed by atoms with E-state index in [0.29, 0.717) is 5.82 Å². The third-order valence-electron chi connectivity index (χ3n) is 5.04. The first-order valence-corrected chi connectivity index (χ1v) is 9.01. The van der Waals surface area contributed by atoms with Crippen LogP contribution < -0.4 is 5.32 Å². The molecule has 0 radical (unpaired) electrons. The zero-order chi connectivity index (χ0) is 18.3. The van der Waals surface area contributed by atoms with Crippen LogP contribution in [0, 0.1) is 6.92 Å². The highest BCUT2D eigenvalue weighted by Gasteiger charge is 2.25. The van der Waals surface area contributed by atoms with Gasteiger partial charge >= 0.3 is 0 Å². The van der Waals surface area contributed by atoms with Crippen LogP contribution in [0.4, 0.5) is 5.82 Å². The molecule has 0 saturated heterocycles. The molecule has 0 atom stereocenters. The molecule has 0 fully saturated rings. The highest BCUT2D eigenvalue weighted by molar-refractivity contribution is 6.13. The van der Waals surface area contributed by atoms with Crippen molar-refractivity contribution in [2.45, 2.75) is 26.8 Å². The predicted molar refractivity (Wildman–Crippen MR) is 102 cm³/mol. The van der Waals surface area contributed by atoms with Crippen molar-refractivity contribution in [1.82, 2.24) is 19.7 Å². The van der Waals surface area contributed by atoms with Crippen LogP contribution in [0.25, 0.3) is 10.9 Å². The molecule has 1 aromatic carbocycles. The van der Waals surface area contributed by atoms with E-state index in [9.17, 15) is 4.79 Å². The molecular formula is C20H23N5O. The molecule has 2 aromatic heterocycles. The molecule has 4 rings (SSSR count). The van der Waals surface area contributed by atoms with Gasteiger partial charge in [0.05, 0.1) is 16.8 Å². The summed E-state index contributed by atoms with van der Waals surface area (Å²) in [5.74, 6) is 0.603. The van der Waals surface area contributed by atoms with Crippen LogP contribution in [-0.2, 0) is 20.0 Å². The van der Waals surface area contributed by atoms with Gasteiger partial charge in [-0.2, -0.15) is 5.10 Å². The monoisotopic (exact) mass is 349 g/mol. The van der Waals surface area contributed by atoms with Crippen molar-refractivity contribution < 1.29 is 4.79 Å². The summed E-state index contributed by atoms with van der Waals surface area (Å²) in [6, 6.07) is 9.77. The van der Waals surface area contributed by atoms with Crippen LogP contribution in [0.3, 0.4) is 0 Å². The number of anilines is 1.